The van der Waals surface area contributed by atoms with E-state index in [-0.39, 0.29) is 33.9 Å². The average Bonchev–Trinajstić information content (AvgIpc) is 3.02. The summed E-state index contributed by atoms with van der Waals surface area (Å²) in [6, 6.07) is 18.5. The van der Waals surface area contributed by atoms with Gasteiger partial charge in [0.1, 0.15) is 24.2 Å². The molecule has 2 N–H and O–H groups in total. The number of anilines is 1. The Morgan fingerprint density at radius 1 is 1.02 bits per heavy atom. The summed E-state index contributed by atoms with van der Waals surface area (Å²) in [7, 11) is 5.20. The number of benzene rings is 3. The first-order valence-corrected chi connectivity index (χ1v) is 15.1. The molecule has 3 aromatic carbocycles. The van der Waals surface area contributed by atoms with Crippen LogP contribution in [0, 0.1) is 34.3 Å². The number of hydrogen-bond acceptors (Lipinski definition) is 6. The standard InChI is InChI=1S/C16H22ClFN2.C10H13NO2.C6H4ClF.C2H6.CH2O/c1-16(2,3)8-11(9-19)13(10-20-4)12-6-5-7-14(17)15(12)18;1-7(12)8-4-5-9(11-2)10(6-8)13-3;7-5-2-1-3-6(8)4-5;2*1-2/h5-7,11,13,20H,8,10H2,1-4H3;4-6,11H,1-3H3;1-4H;1-2H3;1H2. The fraction of sp³-hybridized carbons (Fsp3) is 0.400. The number of nitrogens with one attached hydrogen (secondary N) is 2. The minimum Gasteiger partial charge on any atom is -0.495 e. The van der Waals surface area contributed by atoms with Crippen molar-refractivity contribution in [3.05, 3.63) is 93.5 Å². The third kappa shape index (κ3) is 16.9. The van der Waals surface area contributed by atoms with E-state index in [1.807, 2.05) is 33.8 Å². The quantitative estimate of drug-likeness (QED) is 0.233. The van der Waals surface area contributed by atoms with Crippen molar-refractivity contribution in [1.82, 2.24) is 5.32 Å². The van der Waals surface area contributed by atoms with Crippen LogP contribution < -0.4 is 15.4 Å². The summed E-state index contributed by atoms with van der Waals surface area (Å²) in [6.07, 6.45) is 0.710. The summed E-state index contributed by atoms with van der Waals surface area (Å²) in [5.74, 6) is -0.435. The van der Waals surface area contributed by atoms with Crippen molar-refractivity contribution >= 4 is 41.5 Å². The molecule has 0 saturated carbocycles. The van der Waals surface area contributed by atoms with Crippen LogP contribution in [0.2, 0.25) is 10.0 Å². The maximum absolute atomic E-state index is 14.2. The van der Waals surface area contributed by atoms with Crippen molar-refractivity contribution in [2.75, 3.05) is 33.1 Å². The second-order valence-electron chi connectivity index (χ2n) is 10.5. The van der Waals surface area contributed by atoms with Gasteiger partial charge in [-0.2, -0.15) is 5.26 Å². The van der Waals surface area contributed by atoms with Gasteiger partial charge < -0.3 is 20.2 Å². The molecular weight excluding hydrogens is 619 g/mol. The smallest absolute Gasteiger partial charge is 0.159 e. The molecule has 248 valence electrons. The van der Waals surface area contributed by atoms with Gasteiger partial charge in [-0.3, -0.25) is 4.79 Å². The lowest BCUT2D eigenvalue weighted by molar-refractivity contribution is -0.0980. The Kier molecular flexibility index (Phi) is 23.1. The number of likely N-dealkylation sites (N-methyl/N-ethyl adjacent to an activating group) is 1. The highest BCUT2D eigenvalue weighted by Crippen LogP contribution is 2.36. The van der Waals surface area contributed by atoms with Gasteiger partial charge in [0.05, 0.1) is 29.8 Å². The molecule has 2 atom stereocenters. The Balaban J connectivity index is 0. The van der Waals surface area contributed by atoms with Crippen LogP contribution in [0.5, 0.6) is 5.75 Å². The van der Waals surface area contributed by atoms with E-state index in [2.05, 4.69) is 37.5 Å². The molecule has 0 aliphatic heterocycles. The highest BCUT2D eigenvalue weighted by Gasteiger charge is 2.29. The molecule has 2 unspecified atom stereocenters. The summed E-state index contributed by atoms with van der Waals surface area (Å²) >= 11 is 11.3. The zero-order valence-electron chi connectivity index (χ0n) is 27.7. The first-order valence-electron chi connectivity index (χ1n) is 14.3. The fourth-order valence-electron chi connectivity index (χ4n) is 4.01. The molecular formula is C35H47Cl2F2N3O3. The monoisotopic (exact) mass is 665 g/mol. The van der Waals surface area contributed by atoms with Crippen molar-refractivity contribution in [1.29, 1.82) is 5.26 Å². The highest BCUT2D eigenvalue weighted by molar-refractivity contribution is 6.31. The lowest BCUT2D eigenvalue weighted by Gasteiger charge is -2.28. The van der Waals surface area contributed by atoms with E-state index in [0.717, 1.165) is 5.69 Å². The van der Waals surface area contributed by atoms with Crippen molar-refractivity contribution < 1.29 is 23.1 Å². The van der Waals surface area contributed by atoms with Crippen LogP contribution in [0.4, 0.5) is 14.5 Å². The van der Waals surface area contributed by atoms with E-state index in [1.165, 1.54) is 25.1 Å². The minimum absolute atomic E-state index is 0.0153. The second-order valence-corrected chi connectivity index (χ2v) is 11.3. The van der Waals surface area contributed by atoms with E-state index in [1.54, 1.807) is 50.6 Å². The molecule has 0 bridgehead atoms. The number of nitrogens with zero attached hydrogens (tertiary/aromatic N) is 1. The normalized spacial score (nSPS) is 11.1. The lowest BCUT2D eigenvalue weighted by atomic mass is 9.76. The van der Waals surface area contributed by atoms with Crippen LogP contribution in [0.25, 0.3) is 0 Å². The van der Waals surface area contributed by atoms with Crippen molar-refractivity contribution in [2.24, 2.45) is 11.3 Å². The molecule has 0 radical (unpaired) electrons. The third-order valence-electron chi connectivity index (χ3n) is 5.95. The van der Waals surface area contributed by atoms with Gasteiger partial charge >= 0.3 is 0 Å². The molecule has 0 aromatic heterocycles. The Labute approximate surface area is 278 Å². The van der Waals surface area contributed by atoms with Gasteiger partial charge in [0.15, 0.2) is 5.78 Å². The lowest BCUT2D eigenvalue weighted by Crippen LogP contribution is -2.27. The SMILES string of the molecule is C=O.CC.CNCC(c1cccc(Cl)c1F)C(C#N)CC(C)(C)C.CNc1ccc(C(C)=O)cc1OC.Fc1cccc(Cl)c1. The fourth-order valence-corrected chi connectivity index (χ4v) is 4.37. The largest absolute Gasteiger partial charge is 0.495 e. The number of hydrogen-bond donors (Lipinski definition) is 2. The Morgan fingerprint density at radius 2 is 1.62 bits per heavy atom. The molecule has 0 aliphatic rings. The van der Waals surface area contributed by atoms with E-state index < -0.39 is 5.82 Å². The highest BCUT2D eigenvalue weighted by atomic mass is 35.5. The van der Waals surface area contributed by atoms with Crippen LogP contribution in [0.15, 0.2) is 60.7 Å². The second kappa shape index (κ2) is 23.8. The predicted molar refractivity (Wildman–Crippen MR) is 184 cm³/mol. The number of carbonyl (C=O) groups excluding carboxylic acids is 2. The molecule has 0 fully saturated rings. The summed E-state index contributed by atoms with van der Waals surface area (Å²) < 4.78 is 31.4. The van der Waals surface area contributed by atoms with E-state index in [4.69, 9.17) is 32.7 Å². The van der Waals surface area contributed by atoms with Crippen molar-refractivity contribution in [3.8, 4) is 11.8 Å². The first-order chi connectivity index (χ1) is 21.3. The van der Waals surface area contributed by atoms with Gasteiger partial charge in [-0.1, -0.05) is 76.0 Å². The summed E-state index contributed by atoms with van der Waals surface area (Å²) in [5.41, 5.74) is 2.08. The molecule has 0 aliphatic carbocycles. The van der Waals surface area contributed by atoms with Gasteiger partial charge in [-0.15, -0.1) is 0 Å². The molecule has 0 spiro atoms. The summed E-state index contributed by atoms with van der Waals surface area (Å²) in [6.45, 7) is 14.3. The number of methoxy groups -OCH3 is 1. The third-order valence-corrected chi connectivity index (χ3v) is 6.48. The zero-order valence-corrected chi connectivity index (χ0v) is 29.2. The topological polar surface area (TPSA) is 91.2 Å². The van der Waals surface area contributed by atoms with Gasteiger partial charge in [0.25, 0.3) is 0 Å². The predicted octanol–water partition coefficient (Wildman–Crippen LogP) is 9.62. The Hall–Kier alpha value is -3.51. The van der Waals surface area contributed by atoms with Crippen molar-refractivity contribution in [3.63, 3.8) is 0 Å². The Bertz CT molecular complexity index is 1310. The zero-order chi connectivity index (χ0) is 35.2. The maximum atomic E-state index is 14.2. The maximum Gasteiger partial charge on any atom is 0.159 e. The molecule has 45 heavy (non-hydrogen) atoms. The number of halogens is 4. The number of nitriles is 1. The first kappa shape index (κ1) is 43.6. The number of ether oxygens (including phenoxy) is 1. The summed E-state index contributed by atoms with van der Waals surface area (Å²) in [5, 5.41) is 16.0. The molecule has 3 rings (SSSR count). The number of ketones is 1. The van der Waals surface area contributed by atoms with Gasteiger partial charge in [-0.05, 0) is 73.8 Å². The van der Waals surface area contributed by atoms with Gasteiger partial charge in [0.2, 0.25) is 0 Å². The van der Waals surface area contributed by atoms with E-state index >= 15 is 0 Å². The number of Topliss-reactive ketones (excluding diaryl/α,β-unsaturated/α-hetero) is 1. The van der Waals surface area contributed by atoms with E-state index in [0.29, 0.717) is 34.9 Å². The van der Waals surface area contributed by atoms with Crippen LogP contribution >= 0.6 is 23.2 Å². The molecule has 0 amide bonds. The summed E-state index contributed by atoms with van der Waals surface area (Å²) in [4.78, 5) is 19.0. The molecule has 0 heterocycles. The van der Waals surface area contributed by atoms with Crippen LogP contribution in [-0.2, 0) is 4.79 Å². The van der Waals surface area contributed by atoms with Gasteiger partial charge in [0, 0.05) is 30.1 Å². The molecule has 0 saturated heterocycles. The molecule has 6 nitrogen and oxygen atoms in total. The van der Waals surface area contributed by atoms with Crippen LogP contribution in [-0.4, -0.2) is 40.3 Å². The minimum atomic E-state index is -0.413. The van der Waals surface area contributed by atoms with Crippen LogP contribution in [0.3, 0.4) is 0 Å². The van der Waals surface area contributed by atoms with Crippen molar-refractivity contribution in [2.45, 2.75) is 53.9 Å². The van der Waals surface area contributed by atoms with Gasteiger partial charge in [-0.25, -0.2) is 8.78 Å². The molecule has 3 aromatic rings. The number of carbonyl (C=O) groups is 2. The number of rotatable bonds is 8. The average molecular weight is 667 g/mol. The molecule has 10 heteroatoms. The van der Waals surface area contributed by atoms with Crippen LogP contribution in [0.1, 0.15) is 69.8 Å². The van der Waals surface area contributed by atoms with E-state index in [9.17, 15) is 18.8 Å². The Morgan fingerprint density at radius 3 is 2.04 bits per heavy atom.